The van der Waals surface area contributed by atoms with Crippen LogP contribution in [0.25, 0.3) is 11.0 Å². The van der Waals surface area contributed by atoms with Crippen molar-refractivity contribution in [1.29, 1.82) is 0 Å². The van der Waals surface area contributed by atoms with Crippen LogP contribution in [0.4, 0.5) is 0 Å². The molecule has 3 unspecified atom stereocenters. The number of fused-ring (bicyclic) bond motifs is 1. The van der Waals surface area contributed by atoms with Gasteiger partial charge in [-0.2, -0.15) is 0 Å². The first kappa shape index (κ1) is 14.1. The Hall–Kier alpha value is -1.88. The Balaban J connectivity index is 1.81. The summed E-state index contributed by atoms with van der Waals surface area (Å²) in [5.74, 6) is 0.228. The molecule has 3 rings (SSSR count). The molecule has 0 saturated carbocycles. The number of imidazole rings is 1. The van der Waals surface area contributed by atoms with Crippen molar-refractivity contribution in [2.45, 2.75) is 32.4 Å². The molecule has 1 fully saturated rings. The Morgan fingerprint density at radius 1 is 1.43 bits per heavy atom. The molecule has 0 bridgehead atoms. The van der Waals surface area contributed by atoms with Gasteiger partial charge < -0.3 is 14.6 Å². The minimum absolute atomic E-state index is 0.0944. The first-order valence-electron chi connectivity index (χ1n) is 7.46. The van der Waals surface area contributed by atoms with Gasteiger partial charge >= 0.3 is 0 Å². The van der Waals surface area contributed by atoms with E-state index in [9.17, 15) is 9.90 Å². The van der Waals surface area contributed by atoms with Gasteiger partial charge in [-0.05, 0) is 31.4 Å². The number of benzene rings is 1. The fourth-order valence-electron chi connectivity index (χ4n) is 3.00. The number of hydrogen-bond donors (Lipinski definition) is 1. The van der Waals surface area contributed by atoms with Crippen molar-refractivity contribution >= 4 is 16.9 Å². The molecule has 1 saturated heterocycles. The van der Waals surface area contributed by atoms with Crippen LogP contribution in [0, 0.1) is 5.92 Å². The van der Waals surface area contributed by atoms with E-state index in [2.05, 4.69) is 4.98 Å². The van der Waals surface area contributed by atoms with E-state index in [0.717, 1.165) is 11.0 Å². The molecule has 1 amide bonds. The van der Waals surface area contributed by atoms with Gasteiger partial charge in [-0.15, -0.1) is 0 Å². The largest absolute Gasteiger partial charge is 0.393 e. The molecule has 0 spiro atoms. The topological polar surface area (TPSA) is 58.4 Å². The molecule has 5 heteroatoms. The number of piperidine rings is 1. The standard InChI is InChI=1S/C16H21N3O2/c1-11-9-18(8-7-15(11)20)16(21)12(2)19-10-17-13-5-3-4-6-14(13)19/h3-6,10-12,15,20H,7-9H2,1-2H3. The monoisotopic (exact) mass is 287 g/mol. The number of aliphatic hydroxyl groups is 1. The predicted octanol–water partition coefficient (Wildman–Crippen LogP) is 1.83. The number of amides is 1. The maximum absolute atomic E-state index is 12.7. The van der Waals surface area contributed by atoms with Crippen LogP contribution in [0.1, 0.15) is 26.3 Å². The van der Waals surface area contributed by atoms with Crippen LogP contribution in [0.2, 0.25) is 0 Å². The molecule has 1 aromatic heterocycles. The maximum Gasteiger partial charge on any atom is 0.245 e. The summed E-state index contributed by atoms with van der Waals surface area (Å²) in [6.07, 6.45) is 2.10. The molecule has 1 N–H and O–H groups in total. The second-order valence-electron chi connectivity index (χ2n) is 5.93. The average Bonchev–Trinajstić information content (AvgIpc) is 2.92. The van der Waals surface area contributed by atoms with E-state index in [1.54, 1.807) is 6.33 Å². The number of aromatic nitrogens is 2. The first-order valence-corrected chi connectivity index (χ1v) is 7.46. The minimum atomic E-state index is -0.293. The molecule has 112 valence electrons. The zero-order valence-corrected chi connectivity index (χ0v) is 12.4. The Morgan fingerprint density at radius 3 is 2.95 bits per heavy atom. The molecule has 21 heavy (non-hydrogen) atoms. The molecule has 1 aliphatic heterocycles. The smallest absolute Gasteiger partial charge is 0.245 e. The third-order valence-electron chi connectivity index (χ3n) is 4.43. The molecule has 1 aliphatic rings. The number of nitrogens with zero attached hydrogens (tertiary/aromatic N) is 3. The summed E-state index contributed by atoms with van der Waals surface area (Å²) in [6, 6.07) is 7.55. The van der Waals surface area contributed by atoms with Gasteiger partial charge in [-0.25, -0.2) is 4.98 Å². The van der Waals surface area contributed by atoms with E-state index in [-0.39, 0.29) is 24.0 Å². The number of carbonyl (C=O) groups is 1. The molecule has 0 aliphatic carbocycles. The highest BCUT2D eigenvalue weighted by molar-refractivity contribution is 5.83. The van der Waals surface area contributed by atoms with Crippen molar-refractivity contribution in [1.82, 2.24) is 14.5 Å². The Kier molecular flexibility index (Phi) is 3.68. The highest BCUT2D eigenvalue weighted by Crippen LogP contribution is 2.22. The molecule has 1 aromatic carbocycles. The van der Waals surface area contributed by atoms with E-state index in [1.165, 1.54) is 0 Å². The summed E-state index contributed by atoms with van der Waals surface area (Å²) >= 11 is 0. The second-order valence-corrected chi connectivity index (χ2v) is 5.93. The lowest BCUT2D eigenvalue weighted by Crippen LogP contribution is -2.47. The van der Waals surface area contributed by atoms with Gasteiger partial charge in [-0.3, -0.25) is 4.79 Å². The number of likely N-dealkylation sites (tertiary alicyclic amines) is 1. The molecule has 2 heterocycles. The van der Waals surface area contributed by atoms with Gasteiger partial charge in [0.1, 0.15) is 6.04 Å². The van der Waals surface area contributed by atoms with E-state index < -0.39 is 0 Å². The van der Waals surface area contributed by atoms with E-state index in [0.29, 0.717) is 19.5 Å². The number of para-hydroxylation sites is 2. The SMILES string of the molecule is CC1CN(C(=O)C(C)n2cnc3ccccc32)CCC1O. The number of rotatable bonds is 2. The van der Waals surface area contributed by atoms with E-state index in [4.69, 9.17) is 0 Å². The Morgan fingerprint density at radius 2 is 2.19 bits per heavy atom. The van der Waals surface area contributed by atoms with Gasteiger partial charge in [0.25, 0.3) is 0 Å². The highest BCUT2D eigenvalue weighted by atomic mass is 16.3. The van der Waals surface area contributed by atoms with Crippen molar-refractivity contribution < 1.29 is 9.90 Å². The minimum Gasteiger partial charge on any atom is -0.393 e. The molecule has 2 aromatic rings. The van der Waals surface area contributed by atoms with Gasteiger partial charge in [0.05, 0.1) is 23.5 Å². The zero-order valence-electron chi connectivity index (χ0n) is 12.4. The fraction of sp³-hybridized carbons (Fsp3) is 0.500. The van der Waals surface area contributed by atoms with Crippen LogP contribution >= 0.6 is 0 Å². The molecule has 0 radical (unpaired) electrons. The van der Waals surface area contributed by atoms with Crippen LogP contribution in [0.15, 0.2) is 30.6 Å². The molecular formula is C16H21N3O2. The van der Waals surface area contributed by atoms with Crippen molar-refractivity contribution in [2.24, 2.45) is 5.92 Å². The average molecular weight is 287 g/mol. The molecular weight excluding hydrogens is 266 g/mol. The van der Waals surface area contributed by atoms with Gasteiger partial charge in [0.2, 0.25) is 5.91 Å². The second kappa shape index (κ2) is 5.48. The van der Waals surface area contributed by atoms with Crippen molar-refractivity contribution in [3.63, 3.8) is 0 Å². The third kappa shape index (κ3) is 2.53. The highest BCUT2D eigenvalue weighted by Gasteiger charge is 2.30. The maximum atomic E-state index is 12.7. The molecule has 3 atom stereocenters. The quantitative estimate of drug-likeness (QED) is 0.916. The van der Waals surface area contributed by atoms with Gasteiger partial charge in [-0.1, -0.05) is 19.1 Å². The lowest BCUT2D eigenvalue weighted by molar-refractivity contribution is -0.137. The zero-order chi connectivity index (χ0) is 15.0. The summed E-state index contributed by atoms with van der Waals surface area (Å²) in [5.41, 5.74) is 1.88. The van der Waals surface area contributed by atoms with Crippen molar-refractivity contribution in [3.05, 3.63) is 30.6 Å². The van der Waals surface area contributed by atoms with Crippen molar-refractivity contribution in [2.75, 3.05) is 13.1 Å². The van der Waals surface area contributed by atoms with E-state index in [1.807, 2.05) is 47.6 Å². The summed E-state index contributed by atoms with van der Waals surface area (Å²) in [4.78, 5) is 18.9. The Bertz CT molecular complexity index is 652. The summed E-state index contributed by atoms with van der Waals surface area (Å²) < 4.78 is 1.92. The number of carbonyl (C=O) groups excluding carboxylic acids is 1. The van der Waals surface area contributed by atoms with Crippen LogP contribution in [0.5, 0.6) is 0 Å². The normalized spacial score (nSPS) is 24.2. The third-order valence-corrected chi connectivity index (χ3v) is 4.43. The lowest BCUT2D eigenvalue weighted by Gasteiger charge is -2.36. The fourth-order valence-corrected chi connectivity index (χ4v) is 3.00. The molecule has 5 nitrogen and oxygen atoms in total. The van der Waals surface area contributed by atoms with E-state index >= 15 is 0 Å². The van der Waals surface area contributed by atoms with Gasteiger partial charge in [0.15, 0.2) is 0 Å². The Labute approximate surface area is 124 Å². The lowest BCUT2D eigenvalue weighted by atomic mass is 9.96. The van der Waals surface area contributed by atoms with Crippen LogP contribution in [0.3, 0.4) is 0 Å². The summed E-state index contributed by atoms with van der Waals surface area (Å²) in [7, 11) is 0. The van der Waals surface area contributed by atoms with Crippen molar-refractivity contribution in [3.8, 4) is 0 Å². The number of aliphatic hydroxyl groups excluding tert-OH is 1. The summed E-state index contributed by atoms with van der Waals surface area (Å²) in [5, 5.41) is 9.79. The number of hydrogen-bond acceptors (Lipinski definition) is 3. The first-order chi connectivity index (χ1) is 10.1. The predicted molar refractivity (Wildman–Crippen MR) is 80.8 cm³/mol. The van der Waals surface area contributed by atoms with Crippen LogP contribution < -0.4 is 0 Å². The van der Waals surface area contributed by atoms with Crippen LogP contribution in [-0.4, -0.2) is 44.7 Å². The van der Waals surface area contributed by atoms with Crippen LogP contribution in [-0.2, 0) is 4.79 Å². The van der Waals surface area contributed by atoms with Gasteiger partial charge in [0, 0.05) is 13.1 Å². The summed E-state index contributed by atoms with van der Waals surface area (Å²) in [6.45, 7) is 5.14.